The van der Waals surface area contributed by atoms with Gasteiger partial charge in [-0.25, -0.2) is 4.79 Å². The molecule has 308 valence electrons. The second kappa shape index (κ2) is 21.8. The van der Waals surface area contributed by atoms with Gasteiger partial charge in [-0.3, -0.25) is 4.90 Å². The SMILES string of the molecule is C=CCOC12Oc3ccc(Oc4ccc(SC)cc4)cc3C3C(CCCCO)C(CCCCO)C=C(C(=NOCC)CC1N(CCOCCO)C(=O)OCC)C32. The first kappa shape index (κ1) is 43.5. The van der Waals surface area contributed by atoms with Crippen LogP contribution in [0.2, 0.25) is 0 Å². The van der Waals surface area contributed by atoms with E-state index in [4.69, 9.17) is 33.7 Å². The third-order valence-corrected chi connectivity index (χ3v) is 11.6. The number of ether oxygens (including phenoxy) is 5. The van der Waals surface area contributed by atoms with Crippen LogP contribution in [0.25, 0.3) is 0 Å². The first-order chi connectivity index (χ1) is 27.4. The zero-order valence-electron chi connectivity index (χ0n) is 33.1. The van der Waals surface area contributed by atoms with Gasteiger partial charge in [0.1, 0.15) is 29.9 Å². The molecule has 2 aliphatic carbocycles. The second-order valence-corrected chi connectivity index (χ2v) is 15.1. The quantitative estimate of drug-likeness (QED) is 0.0450. The van der Waals surface area contributed by atoms with E-state index in [2.05, 4.69) is 18.7 Å². The average molecular weight is 797 g/mol. The van der Waals surface area contributed by atoms with Gasteiger partial charge in [0.25, 0.3) is 0 Å². The maximum absolute atomic E-state index is 14.0. The lowest BCUT2D eigenvalue weighted by Crippen LogP contribution is -2.70. The number of nitrogens with zero attached hydrogens (tertiary/aromatic N) is 2. The van der Waals surface area contributed by atoms with Crippen LogP contribution in [0.15, 0.2) is 76.8 Å². The Morgan fingerprint density at radius 2 is 1.75 bits per heavy atom. The number of carbonyl (C=O) groups excluding carboxylic acids is 1. The summed E-state index contributed by atoms with van der Waals surface area (Å²) in [5.74, 6) is 0.0735. The number of thioether (sulfide) groups is 1. The first-order valence-electron chi connectivity index (χ1n) is 20.0. The van der Waals surface area contributed by atoms with Crippen molar-refractivity contribution < 1.29 is 48.6 Å². The number of aliphatic hydroxyl groups excluding tert-OH is 3. The number of benzene rings is 2. The van der Waals surface area contributed by atoms with E-state index in [1.807, 2.05) is 49.6 Å². The summed E-state index contributed by atoms with van der Waals surface area (Å²) in [6.45, 7) is 8.76. The molecular formula is C43H60N2O10S. The molecule has 3 aliphatic rings. The third-order valence-electron chi connectivity index (χ3n) is 10.8. The minimum atomic E-state index is -1.42. The summed E-state index contributed by atoms with van der Waals surface area (Å²) in [4.78, 5) is 22.6. The Balaban J connectivity index is 1.75. The van der Waals surface area contributed by atoms with E-state index in [1.165, 1.54) is 0 Å². The number of rotatable bonds is 23. The fourth-order valence-corrected chi connectivity index (χ4v) is 8.95. The molecule has 0 aromatic heterocycles. The number of allylic oxidation sites excluding steroid dienone is 1. The van der Waals surface area contributed by atoms with Gasteiger partial charge in [0.2, 0.25) is 5.79 Å². The monoisotopic (exact) mass is 796 g/mol. The number of carbonyl (C=O) groups is 1. The Hall–Kier alpha value is -3.59. The largest absolute Gasteiger partial charge is 0.459 e. The minimum Gasteiger partial charge on any atom is -0.459 e. The lowest BCUT2D eigenvalue weighted by atomic mass is 9.55. The number of hydrogen-bond acceptors (Lipinski definition) is 12. The van der Waals surface area contributed by atoms with Crippen LogP contribution < -0.4 is 9.47 Å². The van der Waals surface area contributed by atoms with Gasteiger partial charge < -0.3 is 43.8 Å². The lowest BCUT2D eigenvalue weighted by Gasteiger charge is -2.59. The number of unbranched alkanes of at least 4 members (excludes halogenated alkanes) is 2. The number of amides is 1. The number of fused-ring (bicyclic) bond motifs is 2. The van der Waals surface area contributed by atoms with Crippen LogP contribution in [0, 0.1) is 17.8 Å². The molecule has 1 fully saturated rings. The van der Waals surface area contributed by atoms with E-state index in [0.717, 1.165) is 41.7 Å². The summed E-state index contributed by atoms with van der Waals surface area (Å²) >= 11 is 1.67. The fraction of sp³-hybridized carbons (Fsp3) is 0.581. The van der Waals surface area contributed by atoms with Gasteiger partial charge in [-0.2, -0.15) is 0 Å². The number of aliphatic hydroxyl groups is 3. The molecule has 1 amide bonds. The van der Waals surface area contributed by atoms with Gasteiger partial charge >= 0.3 is 6.09 Å². The van der Waals surface area contributed by atoms with Crippen LogP contribution in [0.4, 0.5) is 4.79 Å². The van der Waals surface area contributed by atoms with E-state index in [-0.39, 0.29) is 77.0 Å². The second-order valence-electron chi connectivity index (χ2n) is 14.2. The normalized spacial score (nSPS) is 24.4. The fourth-order valence-electron chi connectivity index (χ4n) is 8.54. The van der Waals surface area contributed by atoms with E-state index in [9.17, 15) is 20.1 Å². The molecule has 0 saturated heterocycles. The highest BCUT2D eigenvalue weighted by Gasteiger charge is 2.65. The van der Waals surface area contributed by atoms with Crippen LogP contribution >= 0.6 is 11.8 Å². The van der Waals surface area contributed by atoms with Crippen LogP contribution in [-0.2, 0) is 19.0 Å². The summed E-state index contributed by atoms with van der Waals surface area (Å²) in [6.07, 6.45) is 10.4. The number of oxime groups is 1. The Labute approximate surface area is 335 Å². The highest BCUT2D eigenvalue weighted by molar-refractivity contribution is 7.98. The highest BCUT2D eigenvalue weighted by Crippen LogP contribution is 2.62. The lowest BCUT2D eigenvalue weighted by molar-refractivity contribution is -0.256. The molecule has 1 aliphatic heterocycles. The first-order valence-corrected chi connectivity index (χ1v) is 21.3. The van der Waals surface area contributed by atoms with Crippen LogP contribution in [0.5, 0.6) is 17.2 Å². The van der Waals surface area contributed by atoms with E-state index >= 15 is 0 Å². The molecule has 5 rings (SSSR count). The van der Waals surface area contributed by atoms with Crippen molar-refractivity contribution in [2.24, 2.45) is 22.9 Å². The molecule has 2 aromatic carbocycles. The molecule has 3 N–H and O–H groups in total. The molecule has 0 spiro atoms. The average Bonchev–Trinajstić information content (AvgIpc) is 3.21. The molecule has 12 nitrogen and oxygen atoms in total. The van der Waals surface area contributed by atoms with Gasteiger partial charge in [-0.15, -0.1) is 18.3 Å². The maximum Gasteiger partial charge on any atom is 0.410 e. The summed E-state index contributed by atoms with van der Waals surface area (Å²) in [7, 11) is 0. The predicted octanol–water partition coefficient (Wildman–Crippen LogP) is 7.32. The topological polar surface area (TPSA) is 149 Å². The van der Waals surface area contributed by atoms with Gasteiger partial charge in [0.05, 0.1) is 44.7 Å². The summed E-state index contributed by atoms with van der Waals surface area (Å²) in [5, 5.41) is 33.8. The smallest absolute Gasteiger partial charge is 0.410 e. The Morgan fingerprint density at radius 3 is 2.43 bits per heavy atom. The molecule has 1 saturated carbocycles. The van der Waals surface area contributed by atoms with E-state index in [1.54, 1.807) is 29.7 Å². The summed E-state index contributed by atoms with van der Waals surface area (Å²) in [6, 6.07) is 13.1. The standard InChI is InChI=1S/C43H60N2O10S/c1-5-24-52-43-39(45(42(49)51-6-2)20-25-50-26-23-48)29-37(44-53-7-3)35-27-30(12-8-10-21-46)34(13-9-11-22-47)40(41(35)43)36-28-32(16-19-38(36)55-43)54-31-14-17-33(56-4)18-15-31/h5,14-19,27-28,30,34,39-41,46-48H,1,6-13,20-26,29H2,2-4H3. The molecule has 0 bridgehead atoms. The molecule has 2 aromatic rings. The zero-order valence-corrected chi connectivity index (χ0v) is 33.9. The van der Waals surface area contributed by atoms with Gasteiger partial charge in [-0.1, -0.05) is 30.1 Å². The Morgan fingerprint density at radius 1 is 1.00 bits per heavy atom. The van der Waals surface area contributed by atoms with E-state index in [0.29, 0.717) is 42.4 Å². The van der Waals surface area contributed by atoms with Crippen LogP contribution in [0.3, 0.4) is 0 Å². The maximum atomic E-state index is 14.0. The van der Waals surface area contributed by atoms with Crippen molar-refractivity contribution in [1.29, 1.82) is 0 Å². The van der Waals surface area contributed by atoms with Crippen LogP contribution in [0.1, 0.15) is 70.3 Å². The van der Waals surface area contributed by atoms with Gasteiger partial charge in [0, 0.05) is 42.6 Å². The minimum absolute atomic E-state index is 0.0653. The van der Waals surface area contributed by atoms with Crippen molar-refractivity contribution in [2.45, 2.75) is 81.4 Å². The molecular weight excluding hydrogens is 737 g/mol. The van der Waals surface area contributed by atoms with Crippen molar-refractivity contribution >= 4 is 23.6 Å². The number of hydrogen-bond donors (Lipinski definition) is 3. The van der Waals surface area contributed by atoms with Crippen molar-refractivity contribution in [3.63, 3.8) is 0 Å². The van der Waals surface area contributed by atoms with Gasteiger partial charge in [-0.05, 0) is 106 Å². The molecule has 0 radical (unpaired) electrons. The van der Waals surface area contributed by atoms with Crippen molar-refractivity contribution in [3.05, 3.63) is 72.3 Å². The molecule has 56 heavy (non-hydrogen) atoms. The highest BCUT2D eigenvalue weighted by atomic mass is 32.2. The van der Waals surface area contributed by atoms with E-state index < -0.39 is 23.8 Å². The molecule has 6 unspecified atom stereocenters. The third kappa shape index (κ3) is 10.1. The zero-order chi connectivity index (χ0) is 39.9. The summed E-state index contributed by atoms with van der Waals surface area (Å²) in [5.41, 5.74) is 2.61. The molecule has 13 heteroatoms. The Kier molecular flexibility index (Phi) is 16.9. The van der Waals surface area contributed by atoms with Crippen molar-refractivity contribution in [3.8, 4) is 17.2 Å². The van der Waals surface area contributed by atoms with Gasteiger partial charge in [0.15, 0.2) is 0 Å². The van der Waals surface area contributed by atoms with Crippen molar-refractivity contribution in [1.82, 2.24) is 4.90 Å². The summed E-state index contributed by atoms with van der Waals surface area (Å²) < 4.78 is 32.0. The van der Waals surface area contributed by atoms with Crippen LogP contribution in [-0.4, -0.2) is 110 Å². The van der Waals surface area contributed by atoms with Crippen molar-refractivity contribution in [2.75, 3.05) is 65.7 Å². The predicted molar refractivity (Wildman–Crippen MR) is 217 cm³/mol. The molecule has 6 atom stereocenters. The molecule has 1 heterocycles. The Bertz CT molecular complexity index is 1620.